The highest BCUT2D eigenvalue weighted by atomic mass is 32.2. The van der Waals surface area contributed by atoms with Gasteiger partial charge >= 0.3 is 17.6 Å². The van der Waals surface area contributed by atoms with Gasteiger partial charge in [-0.25, -0.2) is 4.79 Å². The lowest BCUT2D eigenvalue weighted by atomic mass is 9.79. The summed E-state index contributed by atoms with van der Waals surface area (Å²) in [7, 11) is 3.03. The number of aliphatic hydroxyl groups is 1. The van der Waals surface area contributed by atoms with E-state index in [-0.39, 0.29) is 5.56 Å². The standard InChI is InChI=1S/C41H38N2O12S/c1-52-28-17-13-26(14-18-28)41(25-11-7-4-8-12-25,27-15-19-29(53-2)20-16-27)55-35-34(33(47)30(38(48)49)23-32(45)46)54-37(43-22-21-31(44)42-40(43)51)36(35)56-39(50)24-9-5-3-6-10-24/h3-22,30,33-37,47H,23H2,1-2H3,(H,45,46)(H,48,49)(H,42,44,51)/t30?,33?,34-,35-,36-,37-/m1/s1. The van der Waals surface area contributed by atoms with E-state index in [1.807, 2.05) is 0 Å². The average Bonchev–Trinajstić information content (AvgIpc) is 3.55. The zero-order valence-electron chi connectivity index (χ0n) is 30.1. The SMILES string of the molecule is COc1ccc(C(O[C@H]2[C@@H](SC(=O)c3ccccc3)[C@H](n3ccc(=O)[nH]c3=O)O[C@@H]2C(O)C(CC(=O)O)C(=O)O)(c2ccccc2)c2ccc(OC)cc2)cc1. The maximum atomic E-state index is 14.1. The first-order valence-electron chi connectivity index (χ1n) is 17.3. The van der Waals surface area contributed by atoms with E-state index in [1.165, 1.54) is 14.2 Å². The molecule has 0 saturated carbocycles. The molecule has 5 aromatic rings. The van der Waals surface area contributed by atoms with E-state index in [2.05, 4.69) is 4.98 Å². The molecule has 1 saturated heterocycles. The Balaban J connectivity index is 1.64. The van der Waals surface area contributed by atoms with Crippen LogP contribution in [0.3, 0.4) is 0 Å². The van der Waals surface area contributed by atoms with Crippen LogP contribution in [0.5, 0.6) is 11.5 Å². The Morgan fingerprint density at radius 2 is 1.34 bits per heavy atom. The van der Waals surface area contributed by atoms with E-state index in [4.69, 9.17) is 18.9 Å². The number of benzene rings is 4. The molecule has 0 bridgehead atoms. The molecule has 0 spiro atoms. The summed E-state index contributed by atoms with van der Waals surface area (Å²) in [5.74, 6) is -3.99. The van der Waals surface area contributed by atoms with E-state index in [1.54, 1.807) is 109 Å². The van der Waals surface area contributed by atoms with E-state index in [9.17, 15) is 39.3 Å². The Morgan fingerprint density at radius 3 is 1.84 bits per heavy atom. The average molecular weight is 783 g/mol. The minimum Gasteiger partial charge on any atom is -0.497 e. The molecule has 14 nitrogen and oxygen atoms in total. The molecule has 1 aliphatic heterocycles. The van der Waals surface area contributed by atoms with Crippen LogP contribution in [-0.4, -0.2) is 79.7 Å². The Kier molecular flexibility index (Phi) is 12.2. The maximum Gasteiger partial charge on any atom is 0.330 e. The van der Waals surface area contributed by atoms with Crippen LogP contribution in [0, 0.1) is 5.92 Å². The number of H-pyrrole nitrogens is 1. The van der Waals surface area contributed by atoms with Crippen LogP contribution in [0.15, 0.2) is 131 Å². The number of ether oxygens (including phenoxy) is 4. The second-order valence-corrected chi connectivity index (χ2v) is 14.0. The molecule has 2 heterocycles. The van der Waals surface area contributed by atoms with Crippen molar-refractivity contribution in [2.24, 2.45) is 5.92 Å². The molecule has 290 valence electrons. The number of carboxylic acid groups (broad SMARTS) is 2. The van der Waals surface area contributed by atoms with Crippen LogP contribution in [0.4, 0.5) is 0 Å². The van der Waals surface area contributed by atoms with Crippen LogP contribution < -0.4 is 20.7 Å². The predicted molar refractivity (Wildman–Crippen MR) is 204 cm³/mol. The maximum absolute atomic E-state index is 14.1. The number of aromatic amines is 1. The minimum atomic E-state index is -2.06. The third-order valence-electron chi connectivity index (χ3n) is 9.55. The monoisotopic (exact) mass is 782 g/mol. The van der Waals surface area contributed by atoms with Gasteiger partial charge in [-0.3, -0.25) is 28.7 Å². The highest BCUT2D eigenvalue weighted by Crippen LogP contribution is 2.49. The lowest BCUT2D eigenvalue weighted by Gasteiger charge is -2.41. The van der Waals surface area contributed by atoms with Crippen molar-refractivity contribution in [3.63, 3.8) is 0 Å². The molecule has 0 amide bonds. The summed E-state index contributed by atoms with van der Waals surface area (Å²) >= 11 is 0.722. The zero-order chi connectivity index (χ0) is 40.0. The summed E-state index contributed by atoms with van der Waals surface area (Å²) < 4.78 is 25.7. The second-order valence-electron chi connectivity index (χ2n) is 12.9. The summed E-state index contributed by atoms with van der Waals surface area (Å²) in [6.45, 7) is 0. The Hall–Kier alpha value is -6.00. The highest BCUT2D eigenvalue weighted by molar-refractivity contribution is 8.14. The molecule has 0 radical (unpaired) electrons. The Morgan fingerprint density at radius 1 is 0.804 bits per heavy atom. The topological polar surface area (TPSA) is 204 Å². The van der Waals surface area contributed by atoms with Gasteiger partial charge in [-0.15, -0.1) is 0 Å². The van der Waals surface area contributed by atoms with Gasteiger partial charge in [-0.2, -0.15) is 0 Å². The van der Waals surface area contributed by atoms with E-state index >= 15 is 0 Å². The van der Waals surface area contributed by atoms with Crippen LogP contribution >= 0.6 is 11.8 Å². The summed E-state index contributed by atoms with van der Waals surface area (Å²) in [6, 6.07) is 32.3. The fourth-order valence-corrected chi connectivity index (χ4v) is 8.00. The van der Waals surface area contributed by atoms with Crippen molar-refractivity contribution in [2.45, 2.75) is 41.8 Å². The molecular weight excluding hydrogens is 745 g/mol. The molecule has 1 aromatic heterocycles. The number of hydrogen-bond donors (Lipinski definition) is 4. The number of carbonyl (C=O) groups is 3. The van der Waals surface area contributed by atoms with Crippen molar-refractivity contribution in [1.82, 2.24) is 9.55 Å². The third-order valence-corrected chi connectivity index (χ3v) is 10.8. The molecule has 2 unspecified atom stereocenters. The lowest BCUT2D eigenvalue weighted by molar-refractivity contribution is -0.166. The van der Waals surface area contributed by atoms with Crippen molar-refractivity contribution >= 4 is 28.8 Å². The van der Waals surface area contributed by atoms with Crippen molar-refractivity contribution in [3.05, 3.63) is 165 Å². The van der Waals surface area contributed by atoms with Gasteiger partial charge in [0.2, 0.25) is 5.12 Å². The van der Waals surface area contributed by atoms with Crippen LogP contribution in [-0.2, 0) is 24.7 Å². The summed E-state index contributed by atoms with van der Waals surface area (Å²) in [5, 5.41) is 30.2. The first kappa shape index (κ1) is 39.7. The second kappa shape index (κ2) is 17.2. The number of nitrogens with zero attached hydrogens (tertiary/aromatic N) is 1. The predicted octanol–water partition coefficient (Wildman–Crippen LogP) is 4.31. The number of carboxylic acids is 2. The van der Waals surface area contributed by atoms with E-state index in [0.29, 0.717) is 28.2 Å². The van der Waals surface area contributed by atoms with Crippen LogP contribution in [0.1, 0.15) is 39.7 Å². The molecule has 6 atom stereocenters. The van der Waals surface area contributed by atoms with Gasteiger partial charge in [-0.05, 0) is 41.0 Å². The van der Waals surface area contributed by atoms with E-state index < -0.39 is 76.0 Å². The van der Waals surface area contributed by atoms with Crippen molar-refractivity contribution in [3.8, 4) is 11.5 Å². The Labute approximate surface area is 324 Å². The number of hydrogen-bond acceptors (Lipinski definition) is 11. The number of carbonyl (C=O) groups excluding carboxylic acids is 1. The fourth-order valence-electron chi connectivity index (χ4n) is 6.82. The van der Waals surface area contributed by atoms with Crippen LogP contribution in [0.2, 0.25) is 0 Å². The number of aliphatic hydroxyl groups excluding tert-OH is 1. The molecule has 4 N–H and O–H groups in total. The summed E-state index contributed by atoms with van der Waals surface area (Å²) in [5.41, 5.74) is -1.36. The molecular formula is C41H38N2O12S. The van der Waals surface area contributed by atoms with E-state index in [0.717, 1.165) is 28.6 Å². The van der Waals surface area contributed by atoms with Gasteiger partial charge < -0.3 is 34.3 Å². The minimum absolute atomic E-state index is 0.279. The zero-order valence-corrected chi connectivity index (χ0v) is 30.9. The highest BCUT2D eigenvalue weighted by Gasteiger charge is 2.56. The quantitative estimate of drug-likeness (QED) is 0.110. The van der Waals surface area contributed by atoms with Gasteiger partial charge in [0.05, 0.1) is 37.9 Å². The van der Waals surface area contributed by atoms with Gasteiger partial charge in [0.25, 0.3) is 5.56 Å². The number of aliphatic carboxylic acids is 2. The van der Waals surface area contributed by atoms with Crippen molar-refractivity contribution < 1.29 is 48.7 Å². The largest absolute Gasteiger partial charge is 0.497 e. The summed E-state index contributed by atoms with van der Waals surface area (Å²) in [4.78, 5) is 66.4. The van der Waals surface area contributed by atoms with Crippen molar-refractivity contribution in [2.75, 3.05) is 14.2 Å². The van der Waals surface area contributed by atoms with Gasteiger partial charge in [0.15, 0.2) is 6.23 Å². The molecule has 15 heteroatoms. The molecule has 1 aliphatic rings. The molecule has 0 aliphatic carbocycles. The number of rotatable bonds is 15. The van der Waals surface area contributed by atoms with Gasteiger partial charge in [-0.1, -0.05) is 96.7 Å². The van der Waals surface area contributed by atoms with Gasteiger partial charge in [0.1, 0.15) is 29.3 Å². The molecule has 4 aromatic carbocycles. The number of methoxy groups -OCH3 is 2. The molecule has 56 heavy (non-hydrogen) atoms. The number of thioether (sulfide) groups is 1. The lowest BCUT2D eigenvalue weighted by Crippen LogP contribution is -2.50. The smallest absolute Gasteiger partial charge is 0.330 e. The molecule has 6 rings (SSSR count). The normalized spacial score (nSPS) is 19.1. The van der Waals surface area contributed by atoms with Crippen molar-refractivity contribution in [1.29, 1.82) is 0 Å². The van der Waals surface area contributed by atoms with Gasteiger partial charge in [0, 0.05) is 17.8 Å². The fraction of sp³-hybridized carbons (Fsp3) is 0.244. The Bertz CT molecular complexity index is 2220. The first-order valence-corrected chi connectivity index (χ1v) is 18.2. The summed E-state index contributed by atoms with van der Waals surface area (Å²) in [6.07, 6.45) is -6.53. The first-order chi connectivity index (χ1) is 27.0. The number of aromatic nitrogens is 2. The molecule has 1 fully saturated rings. The third kappa shape index (κ3) is 8.16. The number of nitrogens with one attached hydrogen (secondary N) is 1. The van der Waals surface area contributed by atoms with Crippen LogP contribution in [0.25, 0.3) is 0 Å².